The van der Waals surface area contributed by atoms with Gasteiger partial charge in [-0.25, -0.2) is 0 Å². The summed E-state index contributed by atoms with van der Waals surface area (Å²) in [7, 11) is 0. The lowest BCUT2D eigenvalue weighted by atomic mass is 9.45. The van der Waals surface area contributed by atoms with Gasteiger partial charge in [0, 0.05) is 0 Å². The second-order valence-electron chi connectivity index (χ2n) is 4.95. The van der Waals surface area contributed by atoms with Crippen molar-refractivity contribution < 1.29 is 23.1 Å². The van der Waals surface area contributed by atoms with Crippen LogP contribution >= 0.6 is 12.4 Å². The molecule has 94 valence electrons. The fourth-order valence-corrected chi connectivity index (χ4v) is 2.94. The molecular formula is C9H13ClF3NO2. The molecule has 2 rings (SSSR count). The molecule has 0 aromatic carbocycles. The molecule has 0 unspecified atom stereocenters. The zero-order valence-corrected chi connectivity index (χ0v) is 9.20. The van der Waals surface area contributed by atoms with Gasteiger partial charge in [0.05, 0.1) is 5.92 Å². The molecule has 0 aliphatic heterocycles. The summed E-state index contributed by atoms with van der Waals surface area (Å²) in [4.78, 5) is 10.5. The third-order valence-electron chi connectivity index (χ3n) is 3.65. The second-order valence-corrected chi connectivity index (χ2v) is 4.95. The van der Waals surface area contributed by atoms with Gasteiger partial charge in [-0.1, -0.05) is 0 Å². The predicted molar refractivity (Wildman–Crippen MR) is 52.2 cm³/mol. The van der Waals surface area contributed by atoms with Gasteiger partial charge < -0.3 is 10.8 Å². The molecule has 3 nitrogen and oxygen atoms in total. The Labute approximate surface area is 96.6 Å². The Morgan fingerprint density at radius 1 is 1.31 bits per heavy atom. The fourth-order valence-electron chi connectivity index (χ4n) is 2.94. The summed E-state index contributed by atoms with van der Waals surface area (Å²) in [5.41, 5.74) is 2.70. The predicted octanol–water partition coefficient (Wildman–Crippen LogP) is 1.94. The van der Waals surface area contributed by atoms with E-state index < -0.39 is 29.0 Å². The van der Waals surface area contributed by atoms with Crippen molar-refractivity contribution in [2.75, 3.05) is 0 Å². The highest BCUT2D eigenvalue weighted by Gasteiger charge is 2.69. The summed E-state index contributed by atoms with van der Waals surface area (Å²) in [6.45, 7) is 0. The minimum atomic E-state index is -4.37. The van der Waals surface area contributed by atoms with Gasteiger partial charge in [0.1, 0.15) is 5.54 Å². The lowest BCUT2D eigenvalue weighted by Gasteiger charge is -2.61. The van der Waals surface area contributed by atoms with Gasteiger partial charge in [-0.05, 0) is 31.1 Å². The smallest absolute Gasteiger partial charge is 0.406 e. The topological polar surface area (TPSA) is 63.3 Å². The monoisotopic (exact) mass is 259 g/mol. The molecule has 0 bridgehead atoms. The summed E-state index contributed by atoms with van der Waals surface area (Å²) < 4.78 is 37.2. The normalized spacial score (nSPS) is 41.9. The Kier molecular flexibility index (Phi) is 2.97. The van der Waals surface area contributed by atoms with Crippen LogP contribution in [-0.2, 0) is 4.79 Å². The van der Waals surface area contributed by atoms with Gasteiger partial charge in [0.2, 0.25) is 0 Å². The van der Waals surface area contributed by atoms with Crippen LogP contribution in [0.1, 0.15) is 25.7 Å². The third-order valence-corrected chi connectivity index (χ3v) is 3.65. The van der Waals surface area contributed by atoms with E-state index in [4.69, 9.17) is 10.8 Å². The average Bonchev–Trinajstić information content (AvgIpc) is 1.90. The van der Waals surface area contributed by atoms with Crippen molar-refractivity contribution in [3.05, 3.63) is 0 Å². The maximum absolute atomic E-state index is 12.4. The van der Waals surface area contributed by atoms with Gasteiger partial charge >= 0.3 is 12.1 Å². The molecule has 0 aromatic heterocycles. The van der Waals surface area contributed by atoms with E-state index in [2.05, 4.69) is 0 Å². The van der Waals surface area contributed by atoms with E-state index in [1.165, 1.54) is 0 Å². The Hall–Kier alpha value is -0.490. The first-order valence-corrected chi connectivity index (χ1v) is 4.76. The molecule has 0 saturated heterocycles. The first-order chi connectivity index (χ1) is 6.68. The quantitative estimate of drug-likeness (QED) is 0.756. The molecule has 2 aliphatic rings. The Balaban J connectivity index is 0.00000128. The first kappa shape index (κ1) is 13.6. The Morgan fingerprint density at radius 3 is 2.06 bits per heavy atom. The SMILES string of the molecule is Cl.NC1(C(F)(F)F)CC2(CC(C(=O)O)C2)C1. The van der Waals surface area contributed by atoms with Crippen LogP contribution in [0, 0.1) is 11.3 Å². The lowest BCUT2D eigenvalue weighted by molar-refractivity contribution is -0.253. The molecule has 1 spiro atoms. The minimum absolute atomic E-state index is 0. The van der Waals surface area contributed by atoms with Crippen LogP contribution in [0.2, 0.25) is 0 Å². The fraction of sp³-hybridized carbons (Fsp3) is 0.889. The van der Waals surface area contributed by atoms with Crippen molar-refractivity contribution in [3.63, 3.8) is 0 Å². The molecule has 3 N–H and O–H groups in total. The summed E-state index contributed by atoms with van der Waals surface area (Å²) in [5, 5.41) is 8.62. The molecule has 0 radical (unpaired) electrons. The van der Waals surface area contributed by atoms with E-state index in [0.717, 1.165) is 0 Å². The van der Waals surface area contributed by atoms with Crippen molar-refractivity contribution in [2.45, 2.75) is 37.4 Å². The van der Waals surface area contributed by atoms with E-state index in [9.17, 15) is 18.0 Å². The van der Waals surface area contributed by atoms with Crippen molar-refractivity contribution in [1.82, 2.24) is 0 Å². The van der Waals surface area contributed by atoms with Gasteiger partial charge in [-0.2, -0.15) is 13.2 Å². The molecule has 16 heavy (non-hydrogen) atoms. The van der Waals surface area contributed by atoms with Crippen molar-refractivity contribution in [1.29, 1.82) is 0 Å². The summed E-state index contributed by atoms with van der Waals surface area (Å²) in [5.74, 6) is -1.38. The zero-order valence-electron chi connectivity index (χ0n) is 8.38. The molecule has 0 aromatic rings. The number of nitrogens with two attached hydrogens (primary N) is 1. The molecule has 2 fully saturated rings. The summed E-state index contributed by atoms with van der Waals surface area (Å²) in [6.07, 6.45) is -3.91. The molecule has 0 amide bonds. The molecule has 2 aliphatic carbocycles. The van der Waals surface area contributed by atoms with Crippen molar-refractivity contribution in [3.8, 4) is 0 Å². The zero-order chi connectivity index (χ0) is 11.5. The van der Waals surface area contributed by atoms with E-state index in [1.807, 2.05) is 0 Å². The number of hydrogen-bond donors (Lipinski definition) is 2. The highest BCUT2D eigenvalue weighted by Crippen LogP contribution is 2.65. The van der Waals surface area contributed by atoms with Crippen LogP contribution in [-0.4, -0.2) is 22.8 Å². The van der Waals surface area contributed by atoms with Crippen LogP contribution in [0.5, 0.6) is 0 Å². The number of halogens is 4. The molecule has 2 saturated carbocycles. The van der Waals surface area contributed by atoms with Crippen molar-refractivity contribution in [2.24, 2.45) is 17.1 Å². The largest absolute Gasteiger partial charge is 0.481 e. The van der Waals surface area contributed by atoms with E-state index in [0.29, 0.717) is 12.8 Å². The molecule has 0 atom stereocenters. The van der Waals surface area contributed by atoms with E-state index in [-0.39, 0.29) is 25.2 Å². The number of rotatable bonds is 1. The van der Waals surface area contributed by atoms with Gasteiger partial charge in [-0.15, -0.1) is 12.4 Å². The first-order valence-electron chi connectivity index (χ1n) is 4.76. The van der Waals surface area contributed by atoms with Crippen molar-refractivity contribution >= 4 is 18.4 Å². The summed E-state index contributed by atoms with van der Waals surface area (Å²) >= 11 is 0. The third kappa shape index (κ3) is 1.78. The van der Waals surface area contributed by atoms with Crippen LogP contribution in [0.25, 0.3) is 0 Å². The standard InChI is InChI=1S/C9H12F3NO2.ClH/c10-9(11,12)8(13)3-7(4-8)1-5(2-7)6(14)15;/h5H,1-4,13H2,(H,14,15);1H. The minimum Gasteiger partial charge on any atom is -0.481 e. The van der Waals surface area contributed by atoms with E-state index >= 15 is 0 Å². The van der Waals surface area contributed by atoms with Crippen LogP contribution < -0.4 is 5.73 Å². The van der Waals surface area contributed by atoms with Crippen LogP contribution in [0.3, 0.4) is 0 Å². The van der Waals surface area contributed by atoms with Crippen LogP contribution in [0.15, 0.2) is 0 Å². The van der Waals surface area contributed by atoms with Gasteiger partial charge in [-0.3, -0.25) is 4.79 Å². The second kappa shape index (κ2) is 3.50. The van der Waals surface area contributed by atoms with Gasteiger partial charge in [0.15, 0.2) is 0 Å². The number of hydrogen-bond acceptors (Lipinski definition) is 2. The average molecular weight is 260 g/mol. The van der Waals surface area contributed by atoms with Crippen LogP contribution in [0.4, 0.5) is 13.2 Å². The maximum Gasteiger partial charge on any atom is 0.406 e. The highest BCUT2D eigenvalue weighted by molar-refractivity contribution is 5.85. The Bertz CT molecular complexity index is 304. The molecule has 7 heteroatoms. The molecular weight excluding hydrogens is 247 g/mol. The maximum atomic E-state index is 12.4. The van der Waals surface area contributed by atoms with E-state index in [1.54, 1.807) is 0 Å². The number of carboxylic acids is 1. The number of alkyl halides is 3. The number of aliphatic carboxylic acids is 1. The number of carbonyl (C=O) groups is 1. The Morgan fingerprint density at radius 2 is 1.75 bits per heavy atom. The highest BCUT2D eigenvalue weighted by atomic mass is 35.5. The lowest BCUT2D eigenvalue weighted by Crippen LogP contribution is -2.69. The number of carboxylic acid groups (broad SMARTS) is 1. The summed E-state index contributed by atoms with van der Waals surface area (Å²) in [6, 6.07) is 0. The van der Waals surface area contributed by atoms with Gasteiger partial charge in [0.25, 0.3) is 0 Å². The molecule has 0 heterocycles.